The fourth-order valence-corrected chi connectivity index (χ4v) is 4.18. The smallest absolute Gasteiger partial charge is 0.123 e. The fourth-order valence-electron chi connectivity index (χ4n) is 3.81. The van der Waals surface area contributed by atoms with Crippen molar-refractivity contribution in [2.75, 3.05) is 5.73 Å². The third-order valence-electron chi connectivity index (χ3n) is 5.39. The van der Waals surface area contributed by atoms with Crippen molar-refractivity contribution >= 4 is 40.1 Å². The summed E-state index contributed by atoms with van der Waals surface area (Å²) in [5, 5.41) is 1.32. The van der Waals surface area contributed by atoms with Crippen LogP contribution in [0.15, 0.2) is 79.3 Å². The van der Waals surface area contributed by atoms with Crippen molar-refractivity contribution in [1.82, 2.24) is 19.5 Å². The van der Waals surface area contributed by atoms with Gasteiger partial charge in [0.05, 0.1) is 17.6 Å². The predicted octanol–water partition coefficient (Wildman–Crippen LogP) is 6.02. The monoisotopic (exact) mass is 459 g/mol. The number of nitrogens with two attached hydrogens (primary N) is 1. The van der Waals surface area contributed by atoms with Crippen LogP contribution < -0.4 is 5.73 Å². The van der Waals surface area contributed by atoms with Crippen molar-refractivity contribution in [3.8, 4) is 11.1 Å². The van der Waals surface area contributed by atoms with E-state index in [-0.39, 0.29) is 0 Å². The Hall–Kier alpha value is -3.41. The highest BCUT2D eigenvalue weighted by atomic mass is 35.5. The molecule has 0 saturated heterocycles. The molecule has 0 saturated carbocycles. The molecule has 0 bridgehead atoms. The van der Waals surface area contributed by atoms with Gasteiger partial charge in [0.1, 0.15) is 11.6 Å². The zero-order valence-corrected chi connectivity index (χ0v) is 18.6. The summed E-state index contributed by atoms with van der Waals surface area (Å²) in [5.41, 5.74) is 11.9. The number of hydrogen-bond donors (Lipinski definition) is 1. The third-order valence-corrected chi connectivity index (χ3v) is 5.99. The number of nitrogen functional groups attached to an aromatic ring is 1. The van der Waals surface area contributed by atoms with Crippen LogP contribution >= 0.6 is 23.2 Å². The molecule has 0 unspecified atom stereocenters. The summed E-state index contributed by atoms with van der Waals surface area (Å²) >= 11 is 12.8. The summed E-state index contributed by atoms with van der Waals surface area (Å²) in [6.07, 6.45) is 5.98. The minimum atomic E-state index is 0.486. The fraction of sp³-hybridized carbons (Fsp3) is 0.0800. The predicted molar refractivity (Wildman–Crippen MR) is 130 cm³/mol. The van der Waals surface area contributed by atoms with E-state index in [9.17, 15) is 0 Å². The molecule has 0 aliphatic rings. The first-order valence-electron chi connectivity index (χ1n) is 10.1. The topological polar surface area (TPSA) is 69.6 Å². The SMILES string of the molecule is Nc1cc(-c2ccc3nc(Cc4ccncc4)n(Cc4cc(Cl)ccc4Cl)c3c2)ccn1. The van der Waals surface area contributed by atoms with E-state index in [4.69, 9.17) is 33.9 Å². The van der Waals surface area contributed by atoms with Crippen LogP contribution in [0.5, 0.6) is 0 Å². The van der Waals surface area contributed by atoms with Crippen molar-refractivity contribution < 1.29 is 0 Å². The largest absolute Gasteiger partial charge is 0.384 e. The van der Waals surface area contributed by atoms with Crippen LogP contribution in [0, 0.1) is 0 Å². The molecule has 0 aliphatic carbocycles. The molecule has 32 heavy (non-hydrogen) atoms. The molecular formula is C25H19Cl2N5. The highest BCUT2D eigenvalue weighted by Gasteiger charge is 2.15. The molecule has 5 rings (SSSR count). The quantitative estimate of drug-likeness (QED) is 0.348. The highest BCUT2D eigenvalue weighted by molar-refractivity contribution is 6.33. The van der Waals surface area contributed by atoms with Crippen molar-refractivity contribution in [1.29, 1.82) is 0 Å². The van der Waals surface area contributed by atoms with Gasteiger partial charge in [-0.1, -0.05) is 29.3 Å². The highest BCUT2D eigenvalue weighted by Crippen LogP contribution is 2.29. The Bertz CT molecular complexity index is 1410. The van der Waals surface area contributed by atoms with E-state index >= 15 is 0 Å². The van der Waals surface area contributed by atoms with Crippen molar-refractivity contribution in [3.05, 3.63) is 106 Å². The first-order valence-corrected chi connectivity index (χ1v) is 10.9. The molecule has 2 N–H and O–H groups in total. The lowest BCUT2D eigenvalue weighted by atomic mass is 10.1. The number of anilines is 1. The number of aromatic nitrogens is 4. The summed E-state index contributed by atoms with van der Waals surface area (Å²) in [6.45, 7) is 0.554. The number of nitrogens with zero attached hydrogens (tertiary/aromatic N) is 4. The van der Waals surface area contributed by atoms with Gasteiger partial charge in [0.15, 0.2) is 0 Å². The Morgan fingerprint density at radius 2 is 1.66 bits per heavy atom. The van der Waals surface area contributed by atoms with E-state index in [1.807, 2.05) is 42.5 Å². The maximum atomic E-state index is 6.50. The van der Waals surface area contributed by atoms with E-state index < -0.39 is 0 Å². The summed E-state index contributed by atoms with van der Waals surface area (Å²) < 4.78 is 2.20. The summed E-state index contributed by atoms with van der Waals surface area (Å²) in [4.78, 5) is 13.2. The van der Waals surface area contributed by atoms with E-state index in [1.54, 1.807) is 24.7 Å². The van der Waals surface area contributed by atoms with Crippen LogP contribution in [0.1, 0.15) is 17.0 Å². The minimum absolute atomic E-state index is 0.486. The van der Waals surface area contributed by atoms with E-state index in [2.05, 4.69) is 26.7 Å². The molecule has 0 aliphatic heterocycles. The first kappa shape index (κ1) is 20.5. The Morgan fingerprint density at radius 3 is 2.47 bits per heavy atom. The van der Waals surface area contributed by atoms with Crippen molar-refractivity contribution in [2.45, 2.75) is 13.0 Å². The molecule has 0 amide bonds. The number of hydrogen-bond acceptors (Lipinski definition) is 4. The van der Waals surface area contributed by atoms with Gasteiger partial charge in [-0.3, -0.25) is 4.98 Å². The molecule has 0 fully saturated rings. The van der Waals surface area contributed by atoms with Crippen LogP contribution in [0.25, 0.3) is 22.2 Å². The molecule has 2 aromatic carbocycles. The normalized spacial score (nSPS) is 11.2. The van der Waals surface area contributed by atoms with Gasteiger partial charge in [0.25, 0.3) is 0 Å². The average molecular weight is 460 g/mol. The van der Waals surface area contributed by atoms with Gasteiger partial charge in [-0.15, -0.1) is 0 Å². The second-order valence-corrected chi connectivity index (χ2v) is 8.40. The van der Waals surface area contributed by atoms with Crippen LogP contribution in [0.2, 0.25) is 10.0 Å². The lowest BCUT2D eigenvalue weighted by molar-refractivity contribution is 0.762. The molecule has 5 aromatic rings. The molecular weight excluding hydrogens is 441 g/mol. The number of imidazole rings is 1. The molecule has 7 heteroatoms. The zero-order chi connectivity index (χ0) is 22.1. The summed E-state index contributed by atoms with van der Waals surface area (Å²) in [5.74, 6) is 1.42. The lowest BCUT2D eigenvalue weighted by Gasteiger charge is -2.12. The van der Waals surface area contributed by atoms with Gasteiger partial charge in [-0.2, -0.15) is 0 Å². The molecule has 5 nitrogen and oxygen atoms in total. The van der Waals surface area contributed by atoms with Crippen LogP contribution in [-0.4, -0.2) is 19.5 Å². The van der Waals surface area contributed by atoms with Crippen LogP contribution in [-0.2, 0) is 13.0 Å². The third kappa shape index (κ3) is 4.17. The molecule has 0 atom stereocenters. The van der Waals surface area contributed by atoms with E-state index in [0.29, 0.717) is 28.8 Å². The second kappa shape index (κ2) is 8.61. The van der Waals surface area contributed by atoms with Crippen molar-refractivity contribution in [3.63, 3.8) is 0 Å². The van der Waals surface area contributed by atoms with Crippen LogP contribution in [0.3, 0.4) is 0 Å². The molecule has 158 valence electrons. The minimum Gasteiger partial charge on any atom is -0.384 e. The average Bonchev–Trinajstić information content (AvgIpc) is 3.13. The number of benzene rings is 2. The van der Waals surface area contributed by atoms with Gasteiger partial charge < -0.3 is 10.3 Å². The van der Waals surface area contributed by atoms with Crippen LogP contribution in [0.4, 0.5) is 5.82 Å². The maximum absolute atomic E-state index is 6.50. The first-order chi connectivity index (χ1) is 15.6. The number of rotatable bonds is 5. The Labute approximate surface area is 195 Å². The lowest BCUT2D eigenvalue weighted by Crippen LogP contribution is -2.06. The van der Waals surface area contributed by atoms with Gasteiger partial charge in [0, 0.05) is 35.1 Å². The van der Waals surface area contributed by atoms with Gasteiger partial charge >= 0.3 is 0 Å². The zero-order valence-electron chi connectivity index (χ0n) is 17.0. The molecule has 3 aromatic heterocycles. The number of pyridine rings is 2. The van der Waals surface area contributed by atoms with Gasteiger partial charge in [-0.25, -0.2) is 9.97 Å². The number of halogens is 2. The number of fused-ring (bicyclic) bond motifs is 1. The Balaban J connectivity index is 1.66. The van der Waals surface area contributed by atoms with E-state index in [1.165, 1.54) is 0 Å². The standard InChI is InChI=1S/C25H19Cl2N5/c26-20-2-3-21(27)19(12-20)15-32-23-13-17(18-7-10-30-24(28)14-18)1-4-22(23)31-25(32)11-16-5-8-29-9-6-16/h1-10,12-14H,11,15H2,(H2,28,30). The summed E-state index contributed by atoms with van der Waals surface area (Å²) in [7, 11) is 0. The van der Waals surface area contributed by atoms with Gasteiger partial charge in [0.2, 0.25) is 0 Å². The van der Waals surface area contributed by atoms with E-state index in [0.717, 1.165) is 39.1 Å². The van der Waals surface area contributed by atoms with Gasteiger partial charge in [-0.05, 0) is 76.9 Å². The Kier molecular flexibility index (Phi) is 5.52. The molecule has 0 spiro atoms. The molecule has 0 radical (unpaired) electrons. The van der Waals surface area contributed by atoms with Crippen molar-refractivity contribution in [2.24, 2.45) is 0 Å². The molecule has 3 heterocycles. The maximum Gasteiger partial charge on any atom is 0.123 e. The Morgan fingerprint density at radius 1 is 0.844 bits per heavy atom. The second-order valence-electron chi connectivity index (χ2n) is 7.56. The summed E-state index contributed by atoms with van der Waals surface area (Å²) in [6, 6.07) is 19.6.